The van der Waals surface area contributed by atoms with Crippen molar-refractivity contribution in [2.75, 3.05) is 6.61 Å². The number of carbonyl (C=O) groups excluding carboxylic acids is 1. The van der Waals surface area contributed by atoms with Gasteiger partial charge < -0.3 is 9.47 Å². The number of ether oxygens (including phenoxy) is 2. The Morgan fingerprint density at radius 3 is 2.65 bits per heavy atom. The van der Waals surface area contributed by atoms with Gasteiger partial charge in [-0.25, -0.2) is 8.42 Å². The van der Waals surface area contributed by atoms with Gasteiger partial charge in [0.1, 0.15) is 11.5 Å². The Kier molecular flexibility index (Phi) is 6.11. The second-order valence-corrected chi connectivity index (χ2v) is 9.02. The number of hydrazine groups is 1. The van der Waals surface area contributed by atoms with Crippen LogP contribution in [0, 0.1) is 0 Å². The summed E-state index contributed by atoms with van der Waals surface area (Å²) < 4.78 is 36.3. The topological polar surface area (TPSA) is 93.7 Å². The van der Waals surface area contributed by atoms with Crippen LogP contribution in [0.4, 0.5) is 0 Å². The quantitative estimate of drug-likeness (QED) is 0.414. The largest absolute Gasteiger partial charge is 0.494 e. The van der Waals surface area contributed by atoms with Crippen LogP contribution in [-0.2, 0) is 21.2 Å². The van der Waals surface area contributed by atoms with Crippen molar-refractivity contribution >= 4 is 26.7 Å². The average molecular weight is 441 g/mol. The first-order valence-corrected chi connectivity index (χ1v) is 11.7. The van der Waals surface area contributed by atoms with E-state index in [1.54, 1.807) is 12.1 Å². The molecule has 1 amide bonds. The van der Waals surface area contributed by atoms with Crippen LogP contribution in [0.3, 0.4) is 0 Å². The van der Waals surface area contributed by atoms with E-state index in [0.29, 0.717) is 24.5 Å². The molecule has 3 aromatic carbocycles. The zero-order valence-corrected chi connectivity index (χ0v) is 17.9. The van der Waals surface area contributed by atoms with Crippen LogP contribution in [0.25, 0.3) is 10.8 Å². The molecule has 0 saturated carbocycles. The van der Waals surface area contributed by atoms with E-state index >= 15 is 0 Å². The number of carbonyl (C=O) groups is 1. The van der Waals surface area contributed by atoms with Gasteiger partial charge in [0.15, 0.2) is 6.10 Å². The minimum Gasteiger partial charge on any atom is -0.494 e. The smallest absolute Gasteiger partial charge is 0.276 e. The standard InChI is InChI=1S/C23H24N2O5S/c1-2-3-14-29-17-9-11-18(12-10-17)31(27,28)25-24-23(26)22-15-20-19-7-5-4-6-16(19)8-13-21(20)30-22/h4-13,22,25H,2-3,14-15H2,1H3,(H,24,26)/t22-/m1/s1. The molecule has 4 rings (SSSR count). The molecule has 0 unspecified atom stereocenters. The Morgan fingerprint density at radius 1 is 1.10 bits per heavy atom. The second-order valence-electron chi connectivity index (χ2n) is 7.34. The van der Waals surface area contributed by atoms with Gasteiger partial charge in [0.05, 0.1) is 11.5 Å². The van der Waals surface area contributed by atoms with Crippen molar-refractivity contribution in [3.63, 3.8) is 0 Å². The number of hydrogen-bond acceptors (Lipinski definition) is 5. The summed E-state index contributed by atoms with van der Waals surface area (Å²) in [6, 6.07) is 17.7. The fourth-order valence-corrected chi connectivity index (χ4v) is 4.32. The Hall–Kier alpha value is -3.10. The normalized spacial score (nSPS) is 15.3. The van der Waals surface area contributed by atoms with E-state index in [0.717, 1.165) is 29.2 Å². The maximum absolute atomic E-state index is 12.5. The number of fused-ring (bicyclic) bond motifs is 3. The molecule has 1 aliphatic rings. The summed E-state index contributed by atoms with van der Waals surface area (Å²) >= 11 is 0. The Labute approximate surface area is 181 Å². The summed E-state index contributed by atoms with van der Waals surface area (Å²) in [4.78, 5) is 14.7. The second kappa shape index (κ2) is 8.95. The lowest BCUT2D eigenvalue weighted by Crippen LogP contribution is -2.47. The summed E-state index contributed by atoms with van der Waals surface area (Å²) in [5.74, 6) is 0.685. The van der Waals surface area contributed by atoms with Gasteiger partial charge in [-0.1, -0.05) is 43.7 Å². The van der Waals surface area contributed by atoms with Gasteiger partial charge in [-0.3, -0.25) is 10.2 Å². The van der Waals surface area contributed by atoms with Gasteiger partial charge in [-0.05, 0) is 47.5 Å². The third kappa shape index (κ3) is 4.65. The lowest BCUT2D eigenvalue weighted by Gasteiger charge is -2.13. The molecule has 7 nitrogen and oxygen atoms in total. The molecular formula is C23H24N2O5S. The van der Waals surface area contributed by atoms with Gasteiger partial charge in [0.25, 0.3) is 15.9 Å². The number of hydrogen-bond donors (Lipinski definition) is 2. The maximum Gasteiger partial charge on any atom is 0.276 e. The monoisotopic (exact) mass is 440 g/mol. The van der Waals surface area contributed by atoms with Crippen LogP contribution in [0.2, 0.25) is 0 Å². The van der Waals surface area contributed by atoms with E-state index in [2.05, 4.69) is 17.2 Å². The molecule has 0 spiro atoms. The fourth-order valence-electron chi connectivity index (χ4n) is 3.47. The van der Waals surface area contributed by atoms with E-state index in [9.17, 15) is 13.2 Å². The predicted molar refractivity (Wildman–Crippen MR) is 117 cm³/mol. The molecule has 0 fully saturated rings. The highest BCUT2D eigenvalue weighted by Crippen LogP contribution is 2.35. The molecule has 0 aliphatic carbocycles. The van der Waals surface area contributed by atoms with E-state index in [1.165, 1.54) is 12.1 Å². The van der Waals surface area contributed by atoms with E-state index in [4.69, 9.17) is 9.47 Å². The maximum atomic E-state index is 12.5. The van der Waals surface area contributed by atoms with Crippen LogP contribution in [0.15, 0.2) is 65.6 Å². The van der Waals surface area contributed by atoms with Crippen molar-refractivity contribution in [3.05, 3.63) is 66.2 Å². The molecular weight excluding hydrogens is 416 g/mol. The fraction of sp³-hybridized carbons (Fsp3) is 0.261. The molecule has 8 heteroatoms. The highest BCUT2D eigenvalue weighted by Gasteiger charge is 2.31. The Bertz CT molecular complexity index is 1190. The predicted octanol–water partition coefficient (Wildman–Crippen LogP) is 3.33. The molecule has 1 atom stereocenters. The SMILES string of the molecule is CCCCOc1ccc(S(=O)(=O)NNC(=O)[C@H]2Cc3c(ccc4ccccc34)O2)cc1. The van der Waals surface area contributed by atoms with Crippen molar-refractivity contribution in [1.82, 2.24) is 10.3 Å². The third-order valence-corrected chi connectivity index (χ3v) is 6.42. The lowest BCUT2D eigenvalue weighted by molar-refractivity contribution is -0.127. The zero-order chi connectivity index (χ0) is 21.8. The number of nitrogens with one attached hydrogen (secondary N) is 2. The van der Waals surface area contributed by atoms with Crippen molar-refractivity contribution < 1.29 is 22.7 Å². The summed E-state index contributed by atoms with van der Waals surface area (Å²) in [5, 5.41) is 2.09. The summed E-state index contributed by atoms with van der Waals surface area (Å²) in [7, 11) is -3.92. The van der Waals surface area contributed by atoms with Gasteiger partial charge >= 0.3 is 0 Å². The van der Waals surface area contributed by atoms with Crippen LogP contribution in [0.1, 0.15) is 25.3 Å². The highest BCUT2D eigenvalue weighted by atomic mass is 32.2. The molecule has 3 aromatic rings. The molecule has 0 saturated heterocycles. The average Bonchev–Trinajstić information content (AvgIpc) is 3.23. The van der Waals surface area contributed by atoms with E-state index < -0.39 is 22.0 Å². The summed E-state index contributed by atoms with van der Waals surface area (Å²) in [6.45, 7) is 2.65. The Balaban J connectivity index is 1.37. The van der Waals surface area contributed by atoms with Gasteiger partial charge in [-0.15, -0.1) is 4.83 Å². The minimum atomic E-state index is -3.92. The lowest BCUT2D eigenvalue weighted by atomic mass is 10.0. The molecule has 162 valence electrons. The summed E-state index contributed by atoms with van der Waals surface area (Å²) in [6.07, 6.45) is 1.50. The van der Waals surface area contributed by atoms with E-state index in [1.807, 2.05) is 36.4 Å². The third-order valence-electron chi connectivity index (χ3n) is 5.16. The van der Waals surface area contributed by atoms with Crippen molar-refractivity contribution in [3.8, 4) is 11.5 Å². The molecule has 2 N–H and O–H groups in total. The first-order chi connectivity index (χ1) is 15.0. The molecule has 0 bridgehead atoms. The zero-order valence-electron chi connectivity index (χ0n) is 17.1. The molecule has 1 aliphatic heterocycles. The number of benzene rings is 3. The van der Waals surface area contributed by atoms with Crippen molar-refractivity contribution in [2.24, 2.45) is 0 Å². The molecule has 1 heterocycles. The van der Waals surface area contributed by atoms with Crippen LogP contribution in [-0.4, -0.2) is 27.0 Å². The van der Waals surface area contributed by atoms with E-state index in [-0.39, 0.29) is 4.90 Å². The number of unbranched alkanes of at least 4 members (excludes halogenated alkanes) is 1. The van der Waals surface area contributed by atoms with Crippen LogP contribution in [0.5, 0.6) is 11.5 Å². The molecule has 31 heavy (non-hydrogen) atoms. The van der Waals surface area contributed by atoms with Crippen LogP contribution >= 0.6 is 0 Å². The van der Waals surface area contributed by atoms with Gasteiger partial charge in [0, 0.05) is 12.0 Å². The van der Waals surface area contributed by atoms with Crippen molar-refractivity contribution in [2.45, 2.75) is 37.2 Å². The minimum absolute atomic E-state index is 0.0252. The first-order valence-electron chi connectivity index (χ1n) is 10.2. The summed E-state index contributed by atoms with van der Waals surface area (Å²) in [5.41, 5.74) is 3.21. The number of amides is 1. The van der Waals surface area contributed by atoms with Crippen LogP contribution < -0.4 is 19.7 Å². The van der Waals surface area contributed by atoms with Gasteiger partial charge in [-0.2, -0.15) is 0 Å². The Morgan fingerprint density at radius 2 is 1.87 bits per heavy atom. The number of sulfonamides is 1. The molecule has 0 aromatic heterocycles. The number of rotatable bonds is 8. The first kappa shape index (κ1) is 21.1. The molecule has 0 radical (unpaired) electrons. The highest BCUT2D eigenvalue weighted by molar-refractivity contribution is 7.89. The van der Waals surface area contributed by atoms with Crippen molar-refractivity contribution in [1.29, 1.82) is 0 Å². The van der Waals surface area contributed by atoms with Gasteiger partial charge in [0.2, 0.25) is 0 Å².